The zero-order valence-corrected chi connectivity index (χ0v) is 9.06. The second kappa shape index (κ2) is 4.17. The van der Waals surface area contributed by atoms with E-state index in [2.05, 4.69) is 15.1 Å². The molecule has 0 aromatic carbocycles. The standard InChI is InChI=1S/C13H10N4/c1-6-14-7-2-11(1)13-5-10-17(16-13)12-3-8-15-9-4-12/h1-10H. The van der Waals surface area contributed by atoms with E-state index < -0.39 is 0 Å². The molecule has 4 heteroatoms. The molecule has 0 saturated heterocycles. The van der Waals surface area contributed by atoms with E-state index in [1.54, 1.807) is 24.8 Å². The van der Waals surface area contributed by atoms with Crippen molar-refractivity contribution in [1.29, 1.82) is 0 Å². The third-order valence-electron chi connectivity index (χ3n) is 2.49. The van der Waals surface area contributed by atoms with Crippen LogP contribution in [0.15, 0.2) is 61.3 Å². The number of nitrogens with zero attached hydrogens (tertiary/aromatic N) is 4. The highest BCUT2D eigenvalue weighted by molar-refractivity contribution is 5.57. The fourth-order valence-corrected chi connectivity index (χ4v) is 1.64. The lowest BCUT2D eigenvalue weighted by molar-refractivity contribution is 0.881. The predicted octanol–water partition coefficient (Wildman–Crippen LogP) is 2.33. The minimum Gasteiger partial charge on any atom is -0.265 e. The highest BCUT2D eigenvalue weighted by Gasteiger charge is 2.02. The molecule has 0 unspecified atom stereocenters. The molecule has 0 aliphatic carbocycles. The topological polar surface area (TPSA) is 43.6 Å². The Morgan fingerprint density at radius 3 is 2.12 bits per heavy atom. The lowest BCUT2D eigenvalue weighted by Crippen LogP contribution is -1.94. The Bertz CT molecular complexity index is 548. The van der Waals surface area contributed by atoms with Crippen molar-refractivity contribution in [2.45, 2.75) is 0 Å². The molecule has 0 atom stereocenters. The van der Waals surface area contributed by atoms with Gasteiger partial charge in [-0.15, -0.1) is 0 Å². The second-order valence-electron chi connectivity index (χ2n) is 3.59. The summed E-state index contributed by atoms with van der Waals surface area (Å²) in [5.74, 6) is 0. The summed E-state index contributed by atoms with van der Waals surface area (Å²) in [6, 6.07) is 9.71. The van der Waals surface area contributed by atoms with Crippen LogP contribution in [0.2, 0.25) is 0 Å². The molecule has 82 valence electrons. The van der Waals surface area contributed by atoms with Gasteiger partial charge in [-0.25, -0.2) is 4.68 Å². The van der Waals surface area contributed by atoms with Crippen molar-refractivity contribution in [3.8, 4) is 16.9 Å². The van der Waals surface area contributed by atoms with Crippen molar-refractivity contribution >= 4 is 0 Å². The average Bonchev–Trinajstić information content (AvgIpc) is 2.90. The van der Waals surface area contributed by atoms with Crippen LogP contribution in [0, 0.1) is 0 Å². The number of rotatable bonds is 2. The fraction of sp³-hybridized carbons (Fsp3) is 0. The van der Waals surface area contributed by atoms with E-state index in [0.717, 1.165) is 16.9 Å². The molecule has 0 fully saturated rings. The van der Waals surface area contributed by atoms with Crippen molar-refractivity contribution in [2.24, 2.45) is 0 Å². The Labute approximate surface area is 98.6 Å². The summed E-state index contributed by atoms with van der Waals surface area (Å²) in [5.41, 5.74) is 3.00. The van der Waals surface area contributed by atoms with Gasteiger partial charge in [0.15, 0.2) is 0 Å². The van der Waals surface area contributed by atoms with E-state index in [1.807, 2.05) is 41.2 Å². The molecule has 3 aromatic rings. The van der Waals surface area contributed by atoms with Crippen LogP contribution in [-0.4, -0.2) is 19.7 Å². The highest BCUT2D eigenvalue weighted by Crippen LogP contribution is 2.16. The van der Waals surface area contributed by atoms with Crippen molar-refractivity contribution < 1.29 is 0 Å². The molecule has 0 amide bonds. The lowest BCUT2D eigenvalue weighted by Gasteiger charge is -1.99. The van der Waals surface area contributed by atoms with E-state index in [4.69, 9.17) is 0 Å². The Kier molecular flexibility index (Phi) is 2.38. The molecule has 0 aliphatic rings. The van der Waals surface area contributed by atoms with E-state index in [9.17, 15) is 0 Å². The molecule has 3 rings (SSSR count). The van der Waals surface area contributed by atoms with E-state index >= 15 is 0 Å². The first-order valence-corrected chi connectivity index (χ1v) is 5.30. The first-order valence-electron chi connectivity index (χ1n) is 5.30. The second-order valence-corrected chi connectivity index (χ2v) is 3.59. The largest absolute Gasteiger partial charge is 0.265 e. The quantitative estimate of drug-likeness (QED) is 0.668. The predicted molar refractivity (Wildman–Crippen MR) is 64.6 cm³/mol. The Morgan fingerprint density at radius 2 is 1.41 bits per heavy atom. The van der Waals surface area contributed by atoms with Gasteiger partial charge in [0.05, 0.1) is 11.4 Å². The van der Waals surface area contributed by atoms with E-state index in [-0.39, 0.29) is 0 Å². The van der Waals surface area contributed by atoms with Gasteiger partial charge in [-0.2, -0.15) is 5.10 Å². The van der Waals surface area contributed by atoms with Crippen LogP contribution < -0.4 is 0 Å². The SMILES string of the molecule is c1cc(-c2ccn(-c3ccncc3)n2)ccn1. The average molecular weight is 222 g/mol. The maximum absolute atomic E-state index is 4.51. The molecule has 0 spiro atoms. The van der Waals surface area contributed by atoms with Crippen LogP contribution in [0.5, 0.6) is 0 Å². The number of pyridine rings is 2. The van der Waals surface area contributed by atoms with Gasteiger partial charge in [-0.05, 0) is 30.3 Å². The molecule has 0 bridgehead atoms. The van der Waals surface area contributed by atoms with Crippen LogP contribution in [-0.2, 0) is 0 Å². The lowest BCUT2D eigenvalue weighted by atomic mass is 10.2. The molecule has 0 radical (unpaired) electrons. The van der Waals surface area contributed by atoms with Gasteiger partial charge in [0, 0.05) is 36.5 Å². The van der Waals surface area contributed by atoms with E-state index in [0.29, 0.717) is 0 Å². The molecule has 3 heterocycles. The Balaban J connectivity index is 1.99. The molecule has 0 aliphatic heterocycles. The van der Waals surface area contributed by atoms with Gasteiger partial charge in [0.1, 0.15) is 0 Å². The smallest absolute Gasteiger partial charge is 0.0928 e. The highest BCUT2D eigenvalue weighted by atomic mass is 15.3. The number of hydrogen-bond acceptors (Lipinski definition) is 3. The summed E-state index contributed by atoms with van der Waals surface area (Å²) in [7, 11) is 0. The summed E-state index contributed by atoms with van der Waals surface area (Å²) < 4.78 is 1.83. The van der Waals surface area contributed by atoms with Gasteiger partial charge in [0.25, 0.3) is 0 Å². The van der Waals surface area contributed by atoms with Gasteiger partial charge >= 0.3 is 0 Å². The molecule has 0 saturated carbocycles. The van der Waals surface area contributed by atoms with Crippen molar-refractivity contribution in [3.05, 3.63) is 61.3 Å². The first kappa shape index (κ1) is 9.72. The molecule has 3 aromatic heterocycles. The van der Waals surface area contributed by atoms with Crippen LogP contribution in [0.4, 0.5) is 0 Å². The summed E-state index contributed by atoms with van der Waals surface area (Å²) in [4.78, 5) is 7.98. The normalized spacial score (nSPS) is 10.4. The van der Waals surface area contributed by atoms with Gasteiger partial charge in [-0.1, -0.05) is 0 Å². The summed E-state index contributed by atoms with van der Waals surface area (Å²) >= 11 is 0. The van der Waals surface area contributed by atoms with Gasteiger partial charge in [0.2, 0.25) is 0 Å². The minimum atomic E-state index is 0.934. The minimum absolute atomic E-state index is 0.934. The molecular weight excluding hydrogens is 212 g/mol. The molecule has 17 heavy (non-hydrogen) atoms. The summed E-state index contributed by atoms with van der Waals surface area (Å²) in [6.07, 6.45) is 8.97. The van der Waals surface area contributed by atoms with Crippen LogP contribution >= 0.6 is 0 Å². The van der Waals surface area contributed by atoms with Crippen molar-refractivity contribution in [2.75, 3.05) is 0 Å². The van der Waals surface area contributed by atoms with Gasteiger partial charge in [-0.3, -0.25) is 9.97 Å². The maximum atomic E-state index is 4.51. The third-order valence-corrected chi connectivity index (χ3v) is 2.49. The molecule has 0 N–H and O–H groups in total. The summed E-state index contributed by atoms with van der Waals surface area (Å²) in [5, 5.41) is 4.51. The number of aromatic nitrogens is 4. The van der Waals surface area contributed by atoms with Crippen molar-refractivity contribution in [3.63, 3.8) is 0 Å². The maximum Gasteiger partial charge on any atom is 0.0928 e. The van der Waals surface area contributed by atoms with Crippen molar-refractivity contribution in [1.82, 2.24) is 19.7 Å². The molecule has 4 nitrogen and oxygen atoms in total. The monoisotopic (exact) mass is 222 g/mol. The van der Waals surface area contributed by atoms with Crippen LogP contribution in [0.1, 0.15) is 0 Å². The third kappa shape index (κ3) is 1.92. The summed E-state index contributed by atoms with van der Waals surface area (Å²) in [6.45, 7) is 0. The zero-order valence-electron chi connectivity index (χ0n) is 9.06. The first-order chi connectivity index (χ1) is 8.43. The van der Waals surface area contributed by atoms with Crippen LogP contribution in [0.3, 0.4) is 0 Å². The van der Waals surface area contributed by atoms with Crippen LogP contribution in [0.25, 0.3) is 16.9 Å². The number of hydrogen-bond donors (Lipinski definition) is 0. The molecular formula is C13H10N4. The van der Waals surface area contributed by atoms with E-state index in [1.165, 1.54) is 0 Å². The zero-order chi connectivity index (χ0) is 11.5. The Hall–Kier alpha value is -2.49. The van der Waals surface area contributed by atoms with Gasteiger partial charge < -0.3 is 0 Å². The Morgan fingerprint density at radius 1 is 0.765 bits per heavy atom. The fourth-order valence-electron chi connectivity index (χ4n) is 1.64.